The van der Waals surface area contributed by atoms with Crippen molar-refractivity contribution in [1.29, 1.82) is 0 Å². The molecule has 0 unspecified atom stereocenters. The number of benzene rings is 2. The molecule has 0 radical (unpaired) electrons. The maximum atomic E-state index is 12.9. The smallest absolute Gasteiger partial charge is 0.379 e. The van der Waals surface area contributed by atoms with Gasteiger partial charge in [-0.15, -0.1) is 0 Å². The summed E-state index contributed by atoms with van der Waals surface area (Å²) in [4.78, 5) is 12.2. The number of nitrogens with one attached hydrogen (secondary N) is 1. The van der Waals surface area contributed by atoms with Crippen LogP contribution in [0.5, 0.6) is 0 Å². The van der Waals surface area contributed by atoms with E-state index in [0.717, 1.165) is 0 Å². The number of carbonyl (C=O) groups excluding carboxylic acids is 1. The fourth-order valence-electron chi connectivity index (χ4n) is 3.27. The molecular formula is C21H20F6N2O4S. The first-order valence-electron chi connectivity index (χ1n) is 10.0. The third kappa shape index (κ3) is 6.48. The third-order valence-corrected chi connectivity index (χ3v) is 6.96. The Kier molecular flexibility index (Phi) is 7.58. The number of hydrogen-bond acceptors (Lipinski definition) is 4. The van der Waals surface area contributed by atoms with E-state index in [0.29, 0.717) is 30.9 Å². The fraction of sp³-hybridized carbons (Fsp3) is 0.381. The molecule has 1 fully saturated rings. The summed E-state index contributed by atoms with van der Waals surface area (Å²) >= 11 is 0. The van der Waals surface area contributed by atoms with Crippen molar-refractivity contribution in [2.45, 2.75) is 30.1 Å². The largest absolute Gasteiger partial charge is 0.416 e. The van der Waals surface area contributed by atoms with Gasteiger partial charge in [-0.05, 0) is 42.3 Å². The molecule has 0 aromatic heterocycles. The van der Waals surface area contributed by atoms with E-state index in [-0.39, 0.29) is 36.9 Å². The van der Waals surface area contributed by atoms with Gasteiger partial charge in [-0.2, -0.15) is 30.6 Å². The highest BCUT2D eigenvalue weighted by Gasteiger charge is 2.37. The number of nitrogens with zero attached hydrogens (tertiary/aromatic N) is 1. The molecule has 2 aromatic rings. The Morgan fingerprint density at radius 2 is 1.44 bits per heavy atom. The quantitative estimate of drug-likeness (QED) is 0.588. The minimum Gasteiger partial charge on any atom is -0.379 e. The number of ether oxygens (including phenoxy) is 1. The monoisotopic (exact) mass is 510 g/mol. The second kappa shape index (κ2) is 9.92. The number of alkyl halides is 6. The second-order valence-corrected chi connectivity index (χ2v) is 9.44. The van der Waals surface area contributed by atoms with E-state index < -0.39 is 45.1 Å². The highest BCUT2D eigenvalue weighted by Crippen LogP contribution is 2.37. The summed E-state index contributed by atoms with van der Waals surface area (Å²) in [5, 5.41) is 2.06. The minimum atomic E-state index is -5.02. The Balaban J connectivity index is 1.65. The van der Waals surface area contributed by atoms with Crippen LogP contribution in [0.15, 0.2) is 47.4 Å². The van der Waals surface area contributed by atoms with Crippen LogP contribution in [0.25, 0.3) is 0 Å². The lowest BCUT2D eigenvalue weighted by molar-refractivity contribution is -0.143. The molecule has 186 valence electrons. The lowest BCUT2D eigenvalue weighted by atomic mass is 10.1. The topological polar surface area (TPSA) is 75.7 Å². The molecule has 1 aliphatic rings. The molecule has 0 saturated carbocycles. The van der Waals surface area contributed by atoms with Crippen LogP contribution in [0.3, 0.4) is 0 Å². The van der Waals surface area contributed by atoms with Gasteiger partial charge >= 0.3 is 12.4 Å². The predicted octanol–water partition coefficient (Wildman–Crippen LogP) is 4.32. The number of aryl methyl sites for hydroxylation is 1. The van der Waals surface area contributed by atoms with Crippen LogP contribution < -0.4 is 5.32 Å². The zero-order valence-electron chi connectivity index (χ0n) is 17.5. The number of anilines is 1. The van der Waals surface area contributed by atoms with Gasteiger partial charge in [0.15, 0.2) is 0 Å². The summed E-state index contributed by atoms with van der Waals surface area (Å²) in [6, 6.07) is 6.57. The summed E-state index contributed by atoms with van der Waals surface area (Å²) in [6.45, 7) is 1.05. The van der Waals surface area contributed by atoms with Crippen molar-refractivity contribution in [2.24, 2.45) is 0 Å². The van der Waals surface area contributed by atoms with Crippen LogP contribution in [0, 0.1) is 0 Å². The summed E-state index contributed by atoms with van der Waals surface area (Å²) in [6.07, 6.45) is -10.2. The summed E-state index contributed by atoms with van der Waals surface area (Å²) in [5.41, 5.74) is -3.13. The molecule has 0 aliphatic carbocycles. The van der Waals surface area contributed by atoms with Crippen molar-refractivity contribution >= 4 is 21.6 Å². The maximum Gasteiger partial charge on any atom is 0.416 e. The van der Waals surface area contributed by atoms with E-state index in [2.05, 4.69) is 5.32 Å². The molecule has 6 nitrogen and oxygen atoms in total. The average molecular weight is 510 g/mol. The molecule has 0 atom stereocenters. The van der Waals surface area contributed by atoms with E-state index in [1.165, 1.54) is 28.6 Å². The average Bonchev–Trinajstić information content (AvgIpc) is 2.77. The molecular weight excluding hydrogens is 490 g/mol. The van der Waals surface area contributed by atoms with Crippen molar-refractivity contribution in [2.75, 3.05) is 31.6 Å². The van der Waals surface area contributed by atoms with Gasteiger partial charge < -0.3 is 10.1 Å². The fourth-order valence-corrected chi connectivity index (χ4v) is 4.68. The first kappa shape index (κ1) is 26.0. The number of carbonyl (C=O) groups is 1. The van der Waals surface area contributed by atoms with Crippen LogP contribution >= 0.6 is 0 Å². The van der Waals surface area contributed by atoms with E-state index in [1.807, 2.05) is 0 Å². The van der Waals surface area contributed by atoms with Crippen LogP contribution in [0.4, 0.5) is 32.0 Å². The van der Waals surface area contributed by atoms with E-state index in [4.69, 9.17) is 4.74 Å². The van der Waals surface area contributed by atoms with E-state index in [9.17, 15) is 39.6 Å². The Labute approximate surface area is 191 Å². The molecule has 13 heteroatoms. The number of halogens is 6. The molecule has 1 N–H and O–H groups in total. The lowest BCUT2D eigenvalue weighted by Crippen LogP contribution is -2.40. The van der Waals surface area contributed by atoms with Crippen molar-refractivity contribution in [3.8, 4) is 0 Å². The molecule has 34 heavy (non-hydrogen) atoms. The first-order valence-corrected chi connectivity index (χ1v) is 11.5. The standard InChI is InChI=1S/C21H20F6N2O4S/c22-20(23,24)15-11-16(21(25,26)27)13-17(12-15)28-19(30)6-3-14-1-4-18(5-2-14)34(31,32)29-7-9-33-10-8-29/h1-2,4-5,11-13H,3,6-10H2,(H,28,30). The van der Waals surface area contributed by atoms with Gasteiger partial charge in [-0.25, -0.2) is 8.42 Å². The Hall–Kier alpha value is -2.64. The number of morpholine rings is 1. The molecule has 1 heterocycles. The van der Waals surface area contributed by atoms with E-state index >= 15 is 0 Å². The maximum absolute atomic E-state index is 12.9. The predicted molar refractivity (Wildman–Crippen MR) is 109 cm³/mol. The van der Waals surface area contributed by atoms with Gasteiger partial charge in [0.05, 0.1) is 29.2 Å². The van der Waals surface area contributed by atoms with Crippen molar-refractivity contribution in [3.05, 3.63) is 59.2 Å². The van der Waals surface area contributed by atoms with Gasteiger partial charge in [0.2, 0.25) is 15.9 Å². The normalized spacial score (nSPS) is 15.8. The molecule has 1 saturated heterocycles. The zero-order chi connectivity index (χ0) is 25.1. The van der Waals surface area contributed by atoms with Gasteiger partial charge in [-0.3, -0.25) is 4.79 Å². The molecule has 0 bridgehead atoms. The Morgan fingerprint density at radius 1 is 0.912 bits per heavy atom. The highest BCUT2D eigenvalue weighted by molar-refractivity contribution is 7.89. The number of amides is 1. The summed E-state index contributed by atoms with van der Waals surface area (Å²) < 4.78 is 109. The summed E-state index contributed by atoms with van der Waals surface area (Å²) in [7, 11) is -3.69. The molecule has 1 aliphatic heterocycles. The van der Waals surface area contributed by atoms with Crippen LogP contribution in [0.2, 0.25) is 0 Å². The van der Waals surface area contributed by atoms with Crippen LogP contribution in [0.1, 0.15) is 23.1 Å². The van der Waals surface area contributed by atoms with Crippen molar-refractivity contribution in [1.82, 2.24) is 4.31 Å². The Morgan fingerprint density at radius 3 is 1.94 bits per heavy atom. The molecule has 0 spiro atoms. The number of rotatable bonds is 6. The highest BCUT2D eigenvalue weighted by atomic mass is 32.2. The number of sulfonamides is 1. The second-order valence-electron chi connectivity index (χ2n) is 7.50. The Bertz CT molecular complexity index is 1090. The molecule has 1 amide bonds. The van der Waals surface area contributed by atoms with Crippen LogP contribution in [-0.2, 0) is 38.3 Å². The zero-order valence-corrected chi connectivity index (χ0v) is 18.4. The lowest BCUT2D eigenvalue weighted by Gasteiger charge is -2.26. The van der Waals surface area contributed by atoms with Crippen molar-refractivity contribution in [3.63, 3.8) is 0 Å². The van der Waals surface area contributed by atoms with E-state index in [1.54, 1.807) is 0 Å². The van der Waals surface area contributed by atoms with Gasteiger partial charge in [-0.1, -0.05) is 12.1 Å². The molecule has 3 rings (SSSR count). The SMILES string of the molecule is O=C(CCc1ccc(S(=O)(=O)N2CCOCC2)cc1)Nc1cc(C(F)(F)F)cc(C(F)(F)F)c1. The minimum absolute atomic E-state index is 0.0256. The van der Waals surface area contributed by atoms with Gasteiger partial charge in [0, 0.05) is 25.2 Å². The van der Waals surface area contributed by atoms with Gasteiger partial charge in [0.25, 0.3) is 0 Å². The van der Waals surface area contributed by atoms with Crippen LogP contribution in [-0.4, -0.2) is 44.9 Å². The third-order valence-electron chi connectivity index (χ3n) is 5.04. The van der Waals surface area contributed by atoms with Crippen molar-refractivity contribution < 1.29 is 44.3 Å². The molecule has 2 aromatic carbocycles. The first-order chi connectivity index (χ1) is 15.8. The summed E-state index contributed by atoms with van der Waals surface area (Å²) in [5.74, 6) is -0.794. The number of hydrogen-bond donors (Lipinski definition) is 1. The van der Waals surface area contributed by atoms with Gasteiger partial charge in [0.1, 0.15) is 0 Å².